The number of carbonyl (C=O) groups is 2. The van der Waals surface area contributed by atoms with Gasteiger partial charge in [0, 0.05) is 50.8 Å². The lowest BCUT2D eigenvalue weighted by Gasteiger charge is -2.36. The van der Waals surface area contributed by atoms with Crippen LogP contribution in [0.5, 0.6) is 0 Å². The van der Waals surface area contributed by atoms with Crippen molar-refractivity contribution in [2.75, 3.05) is 26.8 Å². The van der Waals surface area contributed by atoms with Crippen LogP contribution in [0, 0.1) is 11.3 Å². The third-order valence-corrected chi connectivity index (χ3v) is 5.94. The second kappa shape index (κ2) is 8.66. The Balaban J connectivity index is 1.52. The molecule has 1 saturated heterocycles. The number of likely N-dealkylation sites (tertiary alicyclic amines) is 1. The molecule has 2 aliphatic rings. The molecule has 0 spiro atoms. The maximum absolute atomic E-state index is 13.0. The van der Waals surface area contributed by atoms with Crippen molar-refractivity contribution in [2.45, 2.75) is 39.2 Å². The smallest absolute Gasteiger partial charge is 0.225 e. The standard InChI is InChI=1S/C22H28N6O3/c1-22(2)9-16-15(11-25-20(26-16)18-12-23-4-5-24-18)17(10-22)27-21(30)14-8-19(29)28(13-14)6-7-31-3/h4-5,11-12,14,17H,6-10,13H2,1-3H3,(H,27,30)/t14-,17-/m1/s1. The van der Waals surface area contributed by atoms with E-state index >= 15 is 0 Å². The molecule has 0 radical (unpaired) electrons. The second-order valence-corrected chi connectivity index (χ2v) is 9.03. The fraction of sp³-hybridized carbons (Fsp3) is 0.545. The topological polar surface area (TPSA) is 110 Å². The van der Waals surface area contributed by atoms with E-state index in [9.17, 15) is 9.59 Å². The number of amides is 2. The van der Waals surface area contributed by atoms with Crippen molar-refractivity contribution in [3.8, 4) is 11.5 Å². The Hall–Kier alpha value is -2.94. The highest BCUT2D eigenvalue weighted by Gasteiger charge is 2.38. The van der Waals surface area contributed by atoms with E-state index in [1.807, 2.05) is 0 Å². The minimum absolute atomic E-state index is 0.00137. The van der Waals surface area contributed by atoms with Gasteiger partial charge in [-0.2, -0.15) is 0 Å². The first-order valence-corrected chi connectivity index (χ1v) is 10.6. The summed E-state index contributed by atoms with van der Waals surface area (Å²) < 4.78 is 5.06. The Morgan fingerprint density at radius 3 is 2.87 bits per heavy atom. The van der Waals surface area contributed by atoms with Crippen molar-refractivity contribution < 1.29 is 14.3 Å². The summed E-state index contributed by atoms with van der Waals surface area (Å²) in [5.41, 5.74) is 2.44. The van der Waals surface area contributed by atoms with Crippen molar-refractivity contribution in [1.29, 1.82) is 0 Å². The van der Waals surface area contributed by atoms with Gasteiger partial charge >= 0.3 is 0 Å². The van der Waals surface area contributed by atoms with Crippen molar-refractivity contribution in [2.24, 2.45) is 11.3 Å². The number of hydrogen-bond acceptors (Lipinski definition) is 7. The monoisotopic (exact) mass is 424 g/mol. The Morgan fingerprint density at radius 2 is 2.13 bits per heavy atom. The highest BCUT2D eigenvalue weighted by molar-refractivity contribution is 5.89. The average molecular weight is 425 g/mol. The van der Waals surface area contributed by atoms with Gasteiger partial charge in [0.05, 0.1) is 30.5 Å². The Morgan fingerprint density at radius 1 is 1.29 bits per heavy atom. The molecule has 3 heterocycles. The van der Waals surface area contributed by atoms with Crippen molar-refractivity contribution in [1.82, 2.24) is 30.2 Å². The molecule has 2 atom stereocenters. The number of ether oxygens (including phenoxy) is 1. The van der Waals surface area contributed by atoms with Gasteiger partial charge in [-0.05, 0) is 18.3 Å². The van der Waals surface area contributed by atoms with E-state index in [2.05, 4.69) is 34.1 Å². The molecule has 2 amide bonds. The normalized spacial score (nSPS) is 22.3. The highest BCUT2D eigenvalue weighted by Crippen LogP contribution is 2.40. The van der Waals surface area contributed by atoms with Gasteiger partial charge in [0.1, 0.15) is 5.69 Å². The molecule has 0 bridgehead atoms. The van der Waals surface area contributed by atoms with Crippen LogP contribution in [0.15, 0.2) is 24.8 Å². The largest absolute Gasteiger partial charge is 0.383 e. The maximum atomic E-state index is 13.0. The van der Waals surface area contributed by atoms with Crippen LogP contribution in [0.1, 0.15) is 44.0 Å². The summed E-state index contributed by atoms with van der Waals surface area (Å²) in [7, 11) is 1.60. The molecule has 9 heteroatoms. The van der Waals surface area contributed by atoms with Crippen LogP contribution < -0.4 is 5.32 Å². The van der Waals surface area contributed by atoms with Crippen LogP contribution in [0.3, 0.4) is 0 Å². The van der Waals surface area contributed by atoms with Gasteiger partial charge in [0.15, 0.2) is 5.82 Å². The third kappa shape index (κ3) is 4.71. The summed E-state index contributed by atoms with van der Waals surface area (Å²) in [4.78, 5) is 44.5. The molecular weight excluding hydrogens is 396 g/mol. The summed E-state index contributed by atoms with van der Waals surface area (Å²) >= 11 is 0. The number of nitrogens with one attached hydrogen (secondary N) is 1. The summed E-state index contributed by atoms with van der Waals surface area (Å²) in [6.45, 7) is 5.75. The number of nitrogens with zero attached hydrogens (tertiary/aromatic N) is 5. The lowest BCUT2D eigenvalue weighted by molar-refractivity contribution is -0.129. The minimum Gasteiger partial charge on any atom is -0.383 e. The molecule has 0 saturated carbocycles. The van der Waals surface area contributed by atoms with Crippen molar-refractivity contribution in [3.05, 3.63) is 36.0 Å². The first-order chi connectivity index (χ1) is 14.9. The highest BCUT2D eigenvalue weighted by atomic mass is 16.5. The summed E-state index contributed by atoms with van der Waals surface area (Å²) in [5.74, 6) is 0.0841. The quantitative estimate of drug-likeness (QED) is 0.749. The molecule has 9 nitrogen and oxygen atoms in total. The zero-order valence-corrected chi connectivity index (χ0v) is 18.2. The fourth-order valence-corrected chi connectivity index (χ4v) is 4.37. The van der Waals surface area contributed by atoms with E-state index in [0.717, 1.165) is 24.1 Å². The molecule has 1 aliphatic heterocycles. The predicted octanol–water partition coefficient (Wildman–Crippen LogP) is 1.56. The molecular formula is C22H28N6O3. The van der Waals surface area contributed by atoms with E-state index in [4.69, 9.17) is 9.72 Å². The molecule has 1 N–H and O–H groups in total. The Kier molecular flexibility index (Phi) is 5.95. The maximum Gasteiger partial charge on any atom is 0.225 e. The SMILES string of the molecule is COCCN1C[C@H](C(=O)N[C@@H]2CC(C)(C)Cc3nc(-c4cnccn4)ncc32)CC1=O. The molecule has 1 fully saturated rings. The molecule has 1 aliphatic carbocycles. The van der Waals surface area contributed by atoms with E-state index in [1.165, 1.54) is 0 Å². The van der Waals surface area contributed by atoms with Crippen LogP contribution in [0.25, 0.3) is 11.5 Å². The zero-order chi connectivity index (χ0) is 22.0. The number of rotatable bonds is 6. The fourth-order valence-electron chi connectivity index (χ4n) is 4.37. The van der Waals surface area contributed by atoms with Crippen LogP contribution in [-0.2, 0) is 20.7 Å². The average Bonchev–Trinajstić information content (AvgIpc) is 3.12. The summed E-state index contributed by atoms with van der Waals surface area (Å²) in [6, 6.07) is -0.190. The van der Waals surface area contributed by atoms with Crippen LogP contribution >= 0.6 is 0 Å². The second-order valence-electron chi connectivity index (χ2n) is 9.03. The molecule has 2 aromatic rings. The lowest BCUT2D eigenvalue weighted by Crippen LogP contribution is -2.40. The summed E-state index contributed by atoms with van der Waals surface area (Å²) in [5, 5.41) is 3.17. The minimum atomic E-state index is -0.349. The van der Waals surface area contributed by atoms with Gasteiger partial charge in [-0.1, -0.05) is 13.8 Å². The predicted molar refractivity (Wildman–Crippen MR) is 113 cm³/mol. The van der Waals surface area contributed by atoms with Gasteiger partial charge < -0.3 is 15.0 Å². The van der Waals surface area contributed by atoms with Gasteiger partial charge in [-0.3, -0.25) is 14.6 Å². The summed E-state index contributed by atoms with van der Waals surface area (Å²) in [6.07, 6.45) is 8.47. The molecule has 164 valence electrons. The van der Waals surface area contributed by atoms with E-state index < -0.39 is 0 Å². The Labute approximate surface area is 181 Å². The number of hydrogen-bond donors (Lipinski definition) is 1. The van der Waals surface area contributed by atoms with Crippen LogP contribution in [0.2, 0.25) is 0 Å². The number of aromatic nitrogens is 4. The lowest BCUT2D eigenvalue weighted by atomic mass is 9.74. The van der Waals surface area contributed by atoms with Gasteiger partial charge in [0.25, 0.3) is 0 Å². The third-order valence-electron chi connectivity index (χ3n) is 5.94. The van der Waals surface area contributed by atoms with Crippen molar-refractivity contribution in [3.63, 3.8) is 0 Å². The first kappa shape index (κ1) is 21.3. The van der Waals surface area contributed by atoms with Gasteiger partial charge in [-0.25, -0.2) is 15.0 Å². The van der Waals surface area contributed by atoms with E-state index in [-0.39, 0.29) is 35.6 Å². The molecule has 2 aromatic heterocycles. The van der Waals surface area contributed by atoms with E-state index in [0.29, 0.717) is 31.2 Å². The van der Waals surface area contributed by atoms with Gasteiger partial charge in [0.2, 0.25) is 11.8 Å². The van der Waals surface area contributed by atoms with Crippen LogP contribution in [-0.4, -0.2) is 63.5 Å². The van der Waals surface area contributed by atoms with Gasteiger partial charge in [-0.15, -0.1) is 0 Å². The number of fused-ring (bicyclic) bond motifs is 1. The molecule has 4 rings (SSSR count). The number of carbonyl (C=O) groups excluding carboxylic acids is 2. The Bertz CT molecular complexity index is 965. The zero-order valence-electron chi connectivity index (χ0n) is 18.2. The molecule has 31 heavy (non-hydrogen) atoms. The molecule has 0 aromatic carbocycles. The first-order valence-electron chi connectivity index (χ1n) is 10.6. The van der Waals surface area contributed by atoms with Crippen LogP contribution in [0.4, 0.5) is 0 Å². The number of methoxy groups -OCH3 is 1. The van der Waals surface area contributed by atoms with Crippen molar-refractivity contribution >= 4 is 11.8 Å². The molecule has 0 unspecified atom stereocenters. The van der Waals surface area contributed by atoms with E-state index in [1.54, 1.807) is 36.8 Å².